The summed E-state index contributed by atoms with van der Waals surface area (Å²) in [5.41, 5.74) is -0.834. The lowest BCUT2D eigenvalue weighted by Crippen LogP contribution is -2.40. The molecule has 0 aliphatic carbocycles. The van der Waals surface area contributed by atoms with Crippen LogP contribution in [0, 0.1) is 0 Å². The molecule has 20 heavy (non-hydrogen) atoms. The monoisotopic (exact) mass is 297 g/mol. The maximum atomic E-state index is 12.4. The molecule has 1 unspecified atom stereocenters. The van der Waals surface area contributed by atoms with Crippen LogP contribution in [0.5, 0.6) is 0 Å². The molecule has 0 aromatic carbocycles. The number of esters is 1. The fraction of sp³-hybridized carbons (Fsp3) is 0.667. The fourth-order valence-electron chi connectivity index (χ4n) is 1.14. The maximum Gasteiger partial charge on any atom is 0.408 e. The molecule has 1 atom stereocenters. The van der Waals surface area contributed by atoms with Crippen molar-refractivity contribution in [1.82, 2.24) is 5.32 Å². The number of amides is 1. The van der Waals surface area contributed by atoms with Crippen molar-refractivity contribution in [2.45, 2.75) is 45.0 Å². The predicted molar refractivity (Wildman–Crippen MR) is 65.0 cm³/mol. The van der Waals surface area contributed by atoms with Gasteiger partial charge in [-0.3, -0.25) is 0 Å². The highest BCUT2D eigenvalue weighted by molar-refractivity contribution is 5.82. The van der Waals surface area contributed by atoms with Crippen LogP contribution in [-0.4, -0.2) is 37.0 Å². The quantitative estimate of drug-likeness (QED) is 0.640. The normalized spacial score (nSPS) is 13.9. The van der Waals surface area contributed by atoms with Gasteiger partial charge in [0.05, 0.1) is 19.6 Å². The zero-order chi connectivity index (χ0) is 16.0. The molecule has 0 saturated carbocycles. The molecule has 5 nitrogen and oxygen atoms in total. The van der Waals surface area contributed by atoms with Crippen molar-refractivity contribution < 1.29 is 32.2 Å². The molecule has 0 aliphatic rings. The van der Waals surface area contributed by atoms with Crippen molar-refractivity contribution in [3.05, 3.63) is 12.2 Å². The van der Waals surface area contributed by atoms with Crippen LogP contribution in [0.1, 0.15) is 27.2 Å². The van der Waals surface area contributed by atoms with Gasteiger partial charge in [-0.2, -0.15) is 13.2 Å². The molecule has 1 amide bonds. The van der Waals surface area contributed by atoms with E-state index < -0.39 is 36.3 Å². The molecule has 0 aromatic rings. The van der Waals surface area contributed by atoms with Crippen LogP contribution in [0.2, 0.25) is 0 Å². The van der Waals surface area contributed by atoms with Crippen molar-refractivity contribution in [2.75, 3.05) is 7.11 Å². The molecule has 0 fully saturated rings. The first-order chi connectivity index (χ1) is 8.93. The number of carbonyl (C=O) groups is 2. The Bertz CT molecular complexity index is 372. The summed E-state index contributed by atoms with van der Waals surface area (Å²) in [5, 5.41) is 2.03. The summed E-state index contributed by atoms with van der Waals surface area (Å²) in [7, 11) is 1.09. The highest BCUT2D eigenvalue weighted by Gasteiger charge is 2.32. The maximum absolute atomic E-state index is 12.4. The Kier molecular flexibility index (Phi) is 6.54. The molecule has 8 heteroatoms. The van der Waals surface area contributed by atoms with Crippen LogP contribution in [0.4, 0.5) is 18.0 Å². The Morgan fingerprint density at radius 3 is 2.20 bits per heavy atom. The van der Waals surface area contributed by atoms with E-state index in [4.69, 9.17) is 4.74 Å². The Morgan fingerprint density at radius 2 is 1.80 bits per heavy atom. The van der Waals surface area contributed by atoms with E-state index in [1.54, 1.807) is 20.8 Å². The number of carbonyl (C=O) groups excluding carboxylic acids is 2. The number of hydrogen-bond donors (Lipinski definition) is 1. The van der Waals surface area contributed by atoms with Gasteiger partial charge < -0.3 is 14.8 Å². The molecule has 0 radical (unpaired) electrons. The van der Waals surface area contributed by atoms with E-state index in [0.29, 0.717) is 0 Å². The second kappa shape index (κ2) is 7.16. The predicted octanol–water partition coefficient (Wildman–Crippen LogP) is 2.56. The van der Waals surface area contributed by atoms with E-state index in [-0.39, 0.29) is 0 Å². The van der Waals surface area contributed by atoms with Gasteiger partial charge in [-0.1, -0.05) is 6.08 Å². The smallest absolute Gasteiger partial charge is 0.408 e. The lowest BCUT2D eigenvalue weighted by atomic mass is 10.2. The van der Waals surface area contributed by atoms with Gasteiger partial charge in [0, 0.05) is 6.08 Å². The van der Waals surface area contributed by atoms with E-state index in [1.165, 1.54) is 0 Å². The molecule has 0 bridgehead atoms. The molecule has 0 spiro atoms. The van der Waals surface area contributed by atoms with Crippen LogP contribution in [0.3, 0.4) is 0 Å². The molecule has 0 aliphatic heterocycles. The zero-order valence-corrected chi connectivity index (χ0v) is 11.7. The highest BCUT2D eigenvalue weighted by Crippen LogP contribution is 2.22. The van der Waals surface area contributed by atoms with Crippen LogP contribution in [-0.2, 0) is 14.3 Å². The van der Waals surface area contributed by atoms with Crippen molar-refractivity contribution in [3.63, 3.8) is 0 Å². The molecule has 1 N–H and O–H groups in total. The Labute approximate surface area is 115 Å². The average molecular weight is 297 g/mol. The van der Waals surface area contributed by atoms with Crippen molar-refractivity contribution in [3.8, 4) is 0 Å². The summed E-state index contributed by atoms with van der Waals surface area (Å²) in [4.78, 5) is 22.3. The summed E-state index contributed by atoms with van der Waals surface area (Å²) >= 11 is 0. The van der Waals surface area contributed by atoms with Gasteiger partial charge in [0.2, 0.25) is 0 Å². The molecule has 116 valence electrons. The van der Waals surface area contributed by atoms with E-state index in [9.17, 15) is 22.8 Å². The Morgan fingerprint density at radius 1 is 1.25 bits per heavy atom. The van der Waals surface area contributed by atoms with Crippen LogP contribution >= 0.6 is 0 Å². The summed E-state index contributed by atoms with van der Waals surface area (Å²) in [6, 6.07) is -1.41. The lowest BCUT2D eigenvalue weighted by Gasteiger charge is -2.22. The Balaban J connectivity index is 4.73. The van der Waals surface area contributed by atoms with Crippen molar-refractivity contribution in [2.24, 2.45) is 0 Å². The van der Waals surface area contributed by atoms with Crippen LogP contribution in [0.25, 0.3) is 0 Å². The third kappa shape index (κ3) is 10.2. The number of alkyl carbamates (subject to hydrolysis) is 1. The number of hydrogen-bond acceptors (Lipinski definition) is 4. The van der Waals surface area contributed by atoms with E-state index in [2.05, 4.69) is 4.74 Å². The van der Waals surface area contributed by atoms with Gasteiger partial charge in [-0.05, 0) is 20.8 Å². The molecule has 0 rings (SSSR count). The number of methoxy groups -OCH3 is 1. The number of ether oxygens (including phenoxy) is 2. The fourth-order valence-corrected chi connectivity index (χ4v) is 1.14. The second-order valence-electron chi connectivity index (χ2n) is 4.95. The van der Waals surface area contributed by atoms with E-state index in [0.717, 1.165) is 19.3 Å². The lowest BCUT2D eigenvalue weighted by molar-refractivity contribution is -0.138. The molecule has 0 heterocycles. The van der Waals surface area contributed by atoms with Gasteiger partial charge in [-0.25, -0.2) is 9.59 Å². The van der Waals surface area contributed by atoms with Crippen molar-refractivity contribution >= 4 is 12.1 Å². The number of nitrogens with one attached hydrogen (secondary N) is 1. The van der Waals surface area contributed by atoms with Crippen LogP contribution < -0.4 is 5.32 Å². The number of alkyl halides is 3. The topological polar surface area (TPSA) is 64.6 Å². The minimum Gasteiger partial charge on any atom is -0.466 e. The standard InChI is InChI=1S/C12H18F3NO4/c1-11(2,3)20-10(18)16-8(7-12(13,14)15)5-6-9(17)19-4/h5-6,8H,7H2,1-4H3,(H,16,18). The molecular weight excluding hydrogens is 279 g/mol. The SMILES string of the molecule is COC(=O)C=CC(CC(F)(F)F)NC(=O)OC(C)(C)C. The van der Waals surface area contributed by atoms with Crippen molar-refractivity contribution in [1.29, 1.82) is 0 Å². The number of rotatable bonds is 4. The molecular formula is C12H18F3NO4. The first-order valence-electron chi connectivity index (χ1n) is 5.75. The minimum atomic E-state index is -4.50. The highest BCUT2D eigenvalue weighted by atomic mass is 19.4. The summed E-state index contributed by atoms with van der Waals surface area (Å²) in [6.45, 7) is 4.74. The summed E-state index contributed by atoms with van der Waals surface area (Å²) < 4.78 is 46.2. The third-order valence-corrected chi connectivity index (χ3v) is 1.82. The van der Waals surface area contributed by atoms with E-state index >= 15 is 0 Å². The molecule has 0 aromatic heterocycles. The summed E-state index contributed by atoms with van der Waals surface area (Å²) in [6.07, 6.45) is -5.10. The van der Waals surface area contributed by atoms with Gasteiger partial charge in [0.1, 0.15) is 5.60 Å². The van der Waals surface area contributed by atoms with Gasteiger partial charge in [-0.15, -0.1) is 0 Å². The first kappa shape index (κ1) is 18.3. The summed E-state index contributed by atoms with van der Waals surface area (Å²) in [5.74, 6) is -0.817. The average Bonchev–Trinajstić information content (AvgIpc) is 2.20. The molecule has 0 saturated heterocycles. The zero-order valence-electron chi connectivity index (χ0n) is 11.7. The first-order valence-corrected chi connectivity index (χ1v) is 5.75. The van der Waals surface area contributed by atoms with Gasteiger partial charge in [0.25, 0.3) is 0 Å². The number of halogens is 3. The van der Waals surface area contributed by atoms with E-state index in [1.807, 2.05) is 5.32 Å². The minimum absolute atomic E-state index is 0.813. The van der Waals surface area contributed by atoms with Gasteiger partial charge >= 0.3 is 18.2 Å². The van der Waals surface area contributed by atoms with Gasteiger partial charge in [0.15, 0.2) is 0 Å². The second-order valence-corrected chi connectivity index (χ2v) is 4.95. The third-order valence-electron chi connectivity index (χ3n) is 1.82. The largest absolute Gasteiger partial charge is 0.466 e. The Hall–Kier alpha value is -1.73. The van der Waals surface area contributed by atoms with Crippen LogP contribution in [0.15, 0.2) is 12.2 Å².